The van der Waals surface area contributed by atoms with Crippen molar-refractivity contribution < 1.29 is 0 Å². The maximum Gasteiger partial charge on any atom is 0.0526 e. The molecule has 1 aliphatic rings. The Morgan fingerprint density at radius 1 is 0.762 bits per heavy atom. The van der Waals surface area contributed by atoms with Gasteiger partial charge in [0.1, 0.15) is 0 Å². The van der Waals surface area contributed by atoms with E-state index in [2.05, 4.69) is 65.7 Å². The van der Waals surface area contributed by atoms with Crippen LogP contribution in [0.3, 0.4) is 0 Å². The van der Waals surface area contributed by atoms with Gasteiger partial charge in [0.15, 0.2) is 0 Å². The lowest BCUT2D eigenvalue weighted by Crippen LogP contribution is -2.08. The Morgan fingerprint density at radius 3 is 2.43 bits per heavy atom. The minimum absolute atomic E-state index is 0.915. The summed E-state index contributed by atoms with van der Waals surface area (Å²) < 4.78 is 0. The lowest BCUT2D eigenvalue weighted by molar-refractivity contribution is 1.04. The monoisotopic (exact) mass is 269 g/mol. The molecule has 0 spiro atoms. The quantitative estimate of drug-likeness (QED) is 0.493. The molecule has 4 rings (SSSR count). The molecule has 1 heterocycles. The van der Waals surface area contributed by atoms with Gasteiger partial charge in [-0.15, -0.1) is 0 Å². The third-order valence-corrected chi connectivity index (χ3v) is 3.96. The molecular formula is C20H15N. The standard InChI is InChI=1S/C20H15N/c1-2-7-15(8-3-1)13-19-17-10-5-4-9-16(17)14-20-18(19)11-6-12-21-20/h1-13H,14H2/b19-13-. The van der Waals surface area contributed by atoms with Crippen molar-refractivity contribution in [1.29, 1.82) is 0 Å². The highest BCUT2D eigenvalue weighted by atomic mass is 14.7. The molecule has 0 unspecified atom stereocenters. The van der Waals surface area contributed by atoms with Crippen LogP contribution in [0.1, 0.15) is 27.9 Å². The van der Waals surface area contributed by atoms with Gasteiger partial charge in [0.2, 0.25) is 0 Å². The summed E-state index contributed by atoms with van der Waals surface area (Å²) in [7, 11) is 0. The molecule has 1 aliphatic carbocycles. The first kappa shape index (κ1) is 12.1. The topological polar surface area (TPSA) is 12.9 Å². The van der Waals surface area contributed by atoms with Crippen LogP contribution in [-0.2, 0) is 6.42 Å². The van der Waals surface area contributed by atoms with Crippen molar-refractivity contribution in [2.24, 2.45) is 0 Å². The van der Waals surface area contributed by atoms with Gasteiger partial charge < -0.3 is 0 Å². The van der Waals surface area contributed by atoms with Crippen molar-refractivity contribution in [2.75, 3.05) is 0 Å². The van der Waals surface area contributed by atoms with Gasteiger partial charge >= 0.3 is 0 Å². The van der Waals surface area contributed by atoms with E-state index in [0.29, 0.717) is 0 Å². The third-order valence-electron chi connectivity index (χ3n) is 3.96. The Kier molecular flexibility index (Phi) is 2.89. The molecule has 1 heteroatoms. The minimum atomic E-state index is 0.915. The van der Waals surface area contributed by atoms with Crippen molar-refractivity contribution in [3.63, 3.8) is 0 Å². The van der Waals surface area contributed by atoms with Crippen molar-refractivity contribution in [3.05, 3.63) is 101 Å². The molecule has 0 bridgehead atoms. The fourth-order valence-corrected chi connectivity index (χ4v) is 2.96. The zero-order valence-corrected chi connectivity index (χ0v) is 11.7. The van der Waals surface area contributed by atoms with Gasteiger partial charge in [-0.25, -0.2) is 0 Å². The normalized spacial score (nSPS) is 14.6. The highest BCUT2D eigenvalue weighted by Crippen LogP contribution is 2.35. The first-order chi connectivity index (χ1) is 10.4. The van der Waals surface area contributed by atoms with Crippen LogP contribution in [0.25, 0.3) is 11.6 Å². The second-order valence-corrected chi connectivity index (χ2v) is 5.30. The SMILES string of the molecule is C(=C1\c2ccccc2Cc2ncccc21)/c1ccccc1. The Balaban J connectivity index is 1.96. The average molecular weight is 269 g/mol. The van der Waals surface area contributed by atoms with E-state index in [1.165, 1.54) is 33.5 Å². The van der Waals surface area contributed by atoms with Gasteiger partial charge in [-0.2, -0.15) is 0 Å². The Bertz CT molecular complexity index is 769. The molecule has 100 valence electrons. The lowest BCUT2D eigenvalue weighted by atomic mass is 9.84. The maximum atomic E-state index is 4.57. The van der Waals surface area contributed by atoms with Crippen molar-refractivity contribution in [1.82, 2.24) is 4.98 Å². The van der Waals surface area contributed by atoms with Crippen molar-refractivity contribution >= 4 is 11.6 Å². The second kappa shape index (κ2) is 5.02. The molecule has 0 saturated heterocycles. The highest BCUT2D eigenvalue weighted by molar-refractivity contribution is 5.94. The summed E-state index contributed by atoms with van der Waals surface area (Å²) in [5, 5.41) is 0. The summed E-state index contributed by atoms with van der Waals surface area (Å²) in [6.45, 7) is 0. The number of rotatable bonds is 1. The molecule has 1 aromatic heterocycles. The Hall–Kier alpha value is -2.67. The third kappa shape index (κ3) is 2.17. The number of benzene rings is 2. The number of fused-ring (bicyclic) bond motifs is 2. The van der Waals surface area contributed by atoms with E-state index < -0.39 is 0 Å². The van der Waals surface area contributed by atoms with E-state index in [9.17, 15) is 0 Å². The Morgan fingerprint density at radius 2 is 1.52 bits per heavy atom. The van der Waals surface area contributed by atoms with E-state index in [-0.39, 0.29) is 0 Å². The van der Waals surface area contributed by atoms with Crippen LogP contribution in [0.2, 0.25) is 0 Å². The van der Waals surface area contributed by atoms with Gasteiger partial charge in [-0.3, -0.25) is 4.98 Å². The van der Waals surface area contributed by atoms with Gasteiger partial charge in [0, 0.05) is 18.2 Å². The van der Waals surface area contributed by atoms with E-state index in [4.69, 9.17) is 0 Å². The zero-order valence-electron chi connectivity index (χ0n) is 11.7. The summed E-state index contributed by atoms with van der Waals surface area (Å²) in [5.41, 5.74) is 7.58. The van der Waals surface area contributed by atoms with Crippen LogP contribution in [-0.4, -0.2) is 4.98 Å². The summed E-state index contributed by atoms with van der Waals surface area (Å²) in [6.07, 6.45) is 5.06. The predicted molar refractivity (Wildman–Crippen MR) is 86.9 cm³/mol. The zero-order chi connectivity index (χ0) is 14.1. The van der Waals surface area contributed by atoms with Crippen LogP contribution in [0.15, 0.2) is 72.9 Å². The summed E-state index contributed by atoms with van der Waals surface area (Å²) >= 11 is 0. The van der Waals surface area contributed by atoms with E-state index >= 15 is 0 Å². The number of nitrogens with zero attached hydrogens (tertiary/aromatic N) is 1. The van der Waals surface area contributed by atoms with Crippen LogP contribution >= 0.6 is 0 Å². The van der Waals surface area contributed by atoms with Crippen LogP contribution in [0, 0.1) is 0 Å². The van der Waals surface area contributed by atoms with Crippen LogP contribution in [0.5, 0.6) is 0 Å². The number of hydrogen-bond donors (Lipinski definition) is 0. The highest BCUT2D eigenvalue weighted by Gasteiger charge is 2.20. The number of aromatic nitrogens is 1. The van der Waals surface area contributed by atoms with Gasteiger partial charge in [0.05, 0.1) is 5.69 Å². The summed E-state index contributed by atoms with van der Waals surface area (Å²) in [4.78, 5) is 4.57. The molecule has 0 fully saturated rings. The number of hydrogen-bond acceptors (Lipinski definition) is 1. The fourth-order valence-electron chi connectivity index (χ4n) is 2.96. The lowest BCUT2D eigenvalue weighted by Gasteiger charge is -2.21. The molecule has 1 nitrogen and oxygen atoms in total. The first-order valence-electron chi connectivity index (χ1n) is 7.21. The molecule has 0 saturated carbocycles. The first-order valence-corrected chi connectivity index (χ1v) is 7.21. The van der Waals surface area contributed by atoms with Crippen LogP contribution in [0.4, 0.5) is 0 Å². The summed E-state index contributed by atoms with van der Waals surface area (Å²) in [5.74, 6) is 0. The molecule has 0 amide bonds. The molecule has 21 heavy (non-hydrogen) atoms. The molecule has 0 radical (unpaired) electrons. The van der Waals surface area contributed by atoms with E-state index in [1.807, 2.05) is 18.3 Å². The molecule has 2 aromatic carbocycles. The van der Waals surface area contributed by atoms with Gasteiger partial charge in [-0.05, 0) is 34.4 Å². The average Bonchev–Trinajstić information content (AvgIpc) is 2.55. The fraction of sp³-hybridized carbons (Fsp3) is 0.0500. The molecule has 0 atom stereocenters. The van der Waals surface area contributed by atoms with Crippen molar-refractivity contribution in [2.45, 2.75) is 6.42 Å². The van der Waals surface area contributed by atoms with Gasteiger partial charge in [0.25, 0.3) is 0 Å². The maximum absolute atomic E-state index is 4.57. The molecule has 3 aromatic rings. The van der Waals surface area contributed by atoms with Crippen LogP contribution < -0.4 is 0 Å². The van der Waals surface area contributed by atoms with Crippen molar-refractivity contribution in [3.8, 4) is 0 Å². The molecule has 0 N–H and O–H groups in total. The Labute approximate surface area is 124 Å². The van der Waals surface area contributed by atoms with E-state index in [1.54, 1.807) is 0 Å². The minimum Gasteiger partial charge on any atom is -0.260 e. The van der Waals surface area contributed by atoms with Gasteiger partial charge in [-0.1, -0.05) is 60.7 Å². The largest absolute Gasteiger partial charge is 0.260 e. The number of pyridine rings is 1. The molecule has 0 aliphatic heterocycles. The summed E-state index contributed by atoms with van der Waals surface area (Å²) in [6, 6.07) is 23.3. The second-order valence-electron chi connectivity index (χ2n) is 5.30. The van der Waals surface area contributed by atoms with E-state index in [0.717, 1.165) is 6.42 Å². The smallest absolute Gasteiger partial charge is 0.0526 e. The predicted octanol–water partition coefficient (Wildman–Crippen LogP) is 4.57. The molecular weight excluding hydrogens is 254 g/mol.